The maximum absolute atomic E-state index is 12.7. The highest BCUT2D eigenvalue weighted by Gasteiger charge is 2.48. The van der Waals surface area contributed by atoms with Crippen LogP contribution in [0.1, 0.15) is 19.8 Å². The molecule has 0 unspecified atom stereocenters. The molecule has 22 heavy (non-hydrogen) atoms. The van der Waals surface area contributed by atoms with Gasteiger partial charge in [-0.25, -0.2) is 0 Å². The number of carbonyl (C=O) groups excluding carboxylic acids is 3. The summed E-state index contributed by atoms with van der Waals surface area (Å²) in [6.07, 6.45) is 0.111. The van der Waals surface area contributed by atoms with Crippen LogP contribution in [0, 0.1) is 11.8 Å². The minimum absolute atomic E-state index is 0.290. The fourth-order valence-corrected chi connectivity index (χ4v) is 2.92. The van der Waals surface area contributed by atoms with Crippen molar-refractivity contribution in [1.29, 1.82) is 0 Å². The molecule has 8 heteroatoms. The van der Waals surface area contributed by atoms with Crippen LogP contribution in [0.4, 0.5) is 0 Å². The van der Waals surface area contributed by atoms with E-state index in [0.717, 1.165) is 4.90 Å². The van der Waals surface area contributed by atoms with Crippen LogP contribution >= 0.6 is 0 Å². The normalized spacial score (nSPS) is 28.9. The SMILES string of the molecule is C[C@@H](O)[C@@](N)(C=O)N(C(=O)[C@@H]1CCNC1)C(=O)[C@@H]1CCNC1. The largest absolute Gasteiger partial charge is 0.389 e. The summed E-state index contributed by atoms with van der Waals surface area (Å²) in [6.45, 7) is 3.55. The van der Waals surface area contributed by atoms with E-state index in [-0.39, 0.29) is 6.29 Å². The van der Waals surface area contributed by atoms with Crippen LogP contribution in [0.3, 0.4) is 0 Å². The molecular formula is C14H24N4O4. The van der Waals surface area contributed by atoms with Crippen LogP contribution < -0.4 is 16.4 Å². The Labute approximate surface area is 129 Å². The zero-order chi connectivity index (χ0) is 16.3. The van der Waals surface area contributed by atoms with Gasteiger partial charge in [0, 0.05) is 13.1 Å². The summed E-state index contributed by atoms with van der Waals surface area (Å²) in [5, 5.41) is 16.0. The number of imide groups is 1. The molecule has 2 aliphatic rings. The molecular weight excluding hydrogens is 288 g/mol. The lowest BCUT2D eigenvalue weighted by Gasteiger charge is -2.39. The second-order valence-corrected chi connectivity index (χ2v) is 6.07. The van der Waals surface area contributed by atoms with E-state index in [9.17, 15) is 19.5 Å². The minimum Gasteiger partial charge on any atom is -0.389 e. The first kappa shape index (κ1) is 17.0. The lowest BCUT2D eigenvalue weighted by molar-refractivity contribution is -0.164. The van der Waals surface area contributed by atoms with Gasteiger partial charge in [-0.2, -0.15) is 0 Å². The summed E-state index contributed by atoms with van der Waals surface area (Å²) in [4.78, 5) is 37.8. The Morgan fingerprint density at radius 3 is 1.95 bits per heavy atom. The predicted octanol–water partition coefficient (Wildman–Crippen LogP) is -2.20. The van der Waals surface area contributed by atoms with Gasteiger partial charge in [0.15, 0.2) is 11.9 Å². The lowest BCUT2D eigenvalue weighted by atomic mass is 9.96. The lowest BCUT2D eigenvalue weighted by Crippen LogP contribution is -2.69. The van der Waals surface area contributed by atoms with Crippen molar-refractivity contribution in [3.05, 3.63) is 0 Å². The monoisotopic (exact) mass is 312 g/mol. The van der Waals surface area contributed by atoms with E-state index in [1.54, 1.807) is 0 Å². The number of rotatable bonds is 5. The molecule has 4 atom stereocenters. The van der Waals surface area contributed by atoms with E-state index in [1.807, 2.05) is 0 Å². The fraction of sp³-hybridized carbons (Fsp3) is 0.786. The van der Waals surface area contributed by atoms with Gasteiger partial charge in [0.2, 0.25) is 11.8 Å². The van der Waals surface area contributed by atoms with E-state index in [4.69, 9.17) is 5.73 Å². The van der Waals surface area contributed by atoms with Crippen LogP contribution in [0.5, 0.6) is 0 Å². The summed E-state index contributed by atoms with van der Waals surface area (Å²) in [5.41, 5.74) is 3.92. The van der Waals surface area contributed by atoms with Gasteiger partial charge in [-0.15, -0.1) is 0 Å². The molecule has 0 radical (unpaired) electrons. The van der Waals surface area contributed by atoms with E-state index in [0.29, 0.717) is 39.0 Å². The quantitative estimate of drug-likeness (QED) is 0.258. The maximum Gasteiger partial charge on any atom is 0.235 e. The summed E-state index contributed by atoms with van der Waals surface area (Å²) in [5.74, 6) is -1.78. The van der Waals surface area contributed by atoms with Crippen LogP contribution in [0.25, 0.3) is 0 Å². The molecule has 2 heterocycles. The summed E-state index contributed by atoms with van der Waals surface area (Å²) < 4.78 is 0. The number of aliphatic hydroxyl groups is 1. The zero-order valence-corrected chi connectivity index (χ0v) is 12.7. The summed E-state index contributed by atoms with van der Waals surface area (Å²) >= 11 is 0. The smallest absolute Gasteiger partial charge is 0.235 e. The predicted molar refractivity (Wildman–Crippen MR) is 78.5 cm³/mol. The first-order chi connectivity index (χ1) is 10.4. The molecule has 8 nitrogen and oxygen atoms in total. The van der Waals surface area contributed by atoms with Crippen molar-refractivity contribution in [2.24, 2.45) is 17.6 Å². The minimum atomic E-state index is -2.03. The second-order valence-electron chi connectivity index (χ2n) is 6.07. The Balaban J connectivity index is 2.32. The average molecular weight is 312 g/mol. The van der Waals surface area contributed by atoms with Crippen molar-refractivity contribution < 1.29 is 19.5 Å². The fourth-order valence-electron chi connectivity index (χ4n) is 2.92. The number of nitrogens with one attached hydrogen (secondary N) is 2. The number of amides is 2. The van der Waals surface area contributed by atoms with Gasteiger partial charge in [0.25, 0.3) is 0 Å². The van der Waals surface area contributed by atoms with Gasteiger partial charge in [-0.3, -0.25) is 25.0 Å². The first-order valence-electron chi connectivity index (χ1n) is 7.64. The van der Waals surface area contributed by atoms with E-state index >= 15 is 0 Å². The van der Waals surface area contributed by atoms with Crippen LogP contribution in [0.2, 0.25) is 0 Å². The summed E-state index contributed by atoms with van der Waals surface area (Å²) in [6, 6.07) is 0. The molecule has 0 bridgehead atoms. The van der Waals surface area contributed by atoms with Gasteiger partial charge in [-0.1, -0.05) is 0 Å². The van der Waals surface area contributed by atoms with Gasteiger partial charge in [0.05, 0.1) is 17.9 Å². The molecule has 2 saturated heterocycles. The van der Waals surface area contributed by atoms with Gasteiger partial charge >= 0.3 is 0 Å². The van der Waals surface area contributed by atoms with Crippen LogP contribution in [-0.4, -0.2) is 66.1 Å². The topological polar surface area (TPSA) is 125 Å². The molecule has 2 amide bonds. The maximum atomic E-state index is 12.7. The Morgan fingerprint density at radius 1 is 1.23 bits per heavy atom. The standard InChI is InChI=1S/C14H24N4O4/c1-9(20)14(15,8-19)18(12(21)10-2-4-16-6-10)13(22)11-3-5-17-7-11/h8-11,16-17,20H,2-7,15H2,1H3/t9-,10-,11-,14-/m1/s1. The van der Waals surface area contributed by atoms with Crippen LogP contribution in [-0.2, 0) is 14.4 Å². The number of hydrogen-bond acceptors (Lipinski definition) is 7. The summed E-state index contributed by atoms with van der Waals surface area (Å²) in [7, 11) is 0. The number of hydrogen-bond donors (Lipinski definition) is 4. The molecule has 0 aromatic carbocycles. The highest BCUT2D eigenvalue weighted by atomic mass is 16.3. The number of aliphatic hydroxyl groups excluding tert-OH is 1. The van der Waals surface area contributed by atoms with Crippen LogP contribution in [0.15, 0.2) is 0 Å². The number of carbonyl (C=O) groups is 3. The highest BCUT2D eigenvalue weighted by molar-refractivity contribution is 6.01. The zero-order valence-electron chi connectivity index (χ0n) is 12.7. The van der Waals surface area contributed by atoms with E-state index < -0.39 is 35.4 Å². The van der Waals surface area contributed by atoms with Crippen molar-refractivity contribution in [2.45, 2.75) is 31.5 Å². The van der Waals surface area contributed by atoms with E-state index in [2.05, 4.69) is 10.6 Å². The van der Waals surface area contributed by atoms with Gasteiger partial charge in [0.1, 0.15) is 0 Å². The molecule has 5 N–H and O–H groups in total. The Hall–Kier alpha value is -1.35. The Kier molecular flexibility index (Phi) is 5.28. The third-order valence-electron chi connectivity index (χ3n) is 4.51. The van der Waals surface area contributed by atoms with Crippen molar-refractivity contribution in [3.63, 3.8) is 0 Å². The van der Waals surface area contributed by atoms with Crippen molar-refractivity contribution in [2.75, 3.05) is 26.2 Å². The number of aldehydes is 1. The molecule has 0 spiro atoms. The molecule has 2 rings (SSSR count). The molecule has 2 fully saturated rings. The molecule has 0 aromatic rings. The first-order valence-corrected chi connectivity index (χ1v) is 7.64. The third-order valence-corrected chi connectivity index (χ3v) is 4.51. The number of nitrogens with two attached hydrogens (primary N) is 1. The average Bonchev–Trinajstić information content (AvgIpc) is 3.19. The second kappa shape index (κ2) is 6.82. The van der Waals surface area contributed by atoms with Gasteiger partial charge < -0.3 is 15.7 Å². The molecule has 0 aliphatic carbocycles. The van der Waals surface area contributed by atoms with Crippen molar-refractivity contribution in [1.82, 2.24) is 15.5 Å². The van der Waals surface area contributed by atoms with Gasteiger partial charge in [-0.05, 0) is 32.9 Å². The third kappa shape index (κ3) is 3.05. The Morgan fingerprint density at radius 2 is 1.68 bits per heavy atom. The molecule has 0 aromatic heterocycles. The van der Waals surface area contributed by atoms with Crippen molar-refractivity contribution >= 4 is 18.1 Å². The number of nitrogens with zero attached hydrogens (tertiary/aromatic N) is 1. The molecule has 2 aliphatic heterocycles. The molecule has 124 valence electrons. The van der Waals surface area contributed by atoms with E-state index in [1.165, 1.54) is 6.92 Å². The highest BCUT2D eigenvalue weighted by Crippen LogP contribution is 2.23. The van der Waals surface area contributed by atoms with Crippen molar-refractivity contribution in [3.8, 4) is 0 Å². The molecule has 0 saturated carbocycles. The Bertz CT molecular complexity index is 416.